The van der Waals surface area contributed by atoms with Crippen LogP contribution in [0.15, 0.2) is 24.3 Å². The van der Waals surface area contributed by atoms with Gasteiger partial charge in [0.2, 0.25) is 5.91 Å². The highest BCUT2D eigenvalue weighted by atomic mass is 35.5. The van der Waals surface area contributed by atoms with Crippen molar-refractivity contribution >= 4 is 17.5 Å². The standard InChI is InChI=1S/C25H34ClNO2/c1-24-12-10-20-19(8-9-22-25(20,2)13-11-23(28)27(22)3)21(24)14-18(15-24)29-17-6-4-16(26)5-7-17/h4-7,18-22H,8-15H2,1-3H3/t18?,19-,20-,21+,22?,24-,25-/m1/s1. The van der Waals surface area contributed by atoms with Gasteiger partial charge >= 0.3 is 0 Å². The normalized spacial score (nSPS) is 44.1. The van der Waals surface area contributed by atoms with E-state index in [1.54, 1.807) is 0 Å². The fourth-order valence-corrected chi connectivity index (χ4v) is 8.07. The second kappa shape index (κ2) is 6.90. The molecule has 0 spiro atoms. The average Bonchev–Trinajstić information content (AvgIpc) is 3.03. The summed E-state index contributed by atoms with van der Waals surface area (Å²) in [6.07, 6.45) is 9.54. The van der Waals surface area contributed by atoms with Gasteiger partial charge in [-0.3, -0.25) is 4.79 Å². The van der Waals surface area contributed by atoms with Crippen molar-refractivity contribution in [2.45, 2.75) is 77.4 Å². The molecule has 3 saturated carbocycles. The zero-order valence-electron chi connectivity index (χ0n) is 18.0. The molecule has 4 heteroatoms. The molecule has 1 heterocycles. The molecule has 0 radical (unpaired) electrons. The summed E-state index contributed by atoms with van der Waals surface area (Å²) < 4.78 is 6.42. The van der Waals surface area contributed by atoms with E-state index in [1.165, 1.54) is 38.5 Å². The van der Waals surface area contributed by atoms with Crippen molar-refractivity contribution in [1.82, 2.24) is 4.90 Å². The van der Waals surface area contributed by atoms with Gasteiger partial charge in [-0.1, -0.05) is 25.4 Å². The topological polar surface area (TPSA) is 29.5 Å². The Morgan fingerprint density at radius 1 is 1.07 bits per heavy atom. The summed E-state index contributed by atoms with van der Waals surface area (Å²) in [5.41, 5.74) is 0.694. The zero-order chi connectivity index (χ0) is 20.4. The predicted molar refractivity (Wildman–Crippen MR) is 116 cm³/mol. The number of carbonyl (C=O) groups is 1. The number of benzene rings is 1. The summed E-state index contributed by atoms with van der Waals surface area (Å²) in [7, 11) is 2.04. The van der Waals surface area contributed by atoms with Crippen LogP contribution in [0.2, 0.25) is 5.02 Å². The van der Waals surface area contributed by atoms with Crippen molar-refractivity contribution in [3.05, 3.63) is 29.3 Å². The zero-order valence-corrected chi connectivity index (χ0v) is 18.8. The van der Waals surface area contributed by atoms with Gasteiger partial charge in [-0.05, 0) is 97.8 Å². The van der Waals surface area contributed by atoms with Crippen molar-refractivity contribution in [1.29, 1.82) is 0 Å². The molecule has 4 aliphatic rings. The summed E-state index contributed by atoms with van der Waals surface area (Å²) in [6.45, 7) is 5.01. The minimum absolute atomic E-state index is 0.294. The highest BCUT2D eigenvalue weighted by molar-refractivity contribution is 6.30. The van der Waals surface area contributed by atoms with Gasteiger partial charge in [0.05, 0.1) is 6.10 Å². The number of piperidine rings is 1. The van der Waals surface area contributed by atoms with E-state index in [9.17, 15) is 4.79 Å². The Morgan fingerprint density at radius 3 is 2.59 bits per heavy atom. The highest BCUT2D eigenvalue weighted by Gasteiger charge is 2.60. The van der Waals surface area contributed by atoms with Crippen LogP contribution in [-0.2, 0) is 4.79 Å². The van der Waals surface area contributed by atoms with Gasteiger partial charge in [-0.15, -0.1) is 0 Å². The molecule has 2 unspecified atom stereocenters. The third-order valence-corrected chi connectivity index (χ3v) is 9.65. The number of ether oxygens (including phenoxy) is 1. The van der Waals surface area contributed by atoms with E-state index in [0.717, 1.165) is 41.4 Å². The first kappa shape index (κ1) is 19.7. The Balaban J connectivity index is 1.35. The molecule has 29 heavy (non-hydrogen) atoms. The van der Waals surface area contributed by atoms with Crippen molar-refractivity contribution < 1.29 is 9.53 Å². The van der Waals surface area contributed by atoms with Crippen molar-refractivity contribution in [3.8, 4) is 5.75 Å². The molecule has 1 aliphatic heterocycles. The average molecular weight is 416 g/mol. The number of hydrogen-bond acceptors (Lipinski definition) is 2. The van der Waals surface area contributed by atoms with Crippen LogP contribution in [0.25, 0.3) is 0 Å². The molecule has 0 N–H and O–H groups in total. The Bertz CT molecular complexity index is 795. The summed E-state index contributed by atoms with van der Waals surface area (Å²) in [6, 6.07) is 8.27. The molecular formula is C25H34ClNO2. The molecule has 1 aromatic rings. The maximum atomic E-state index is 12.3. The van der Waals surface area contributed by atoms with Gasteiger partial charge in [-0.25, -0.2) is 0 Å². The molecular weight excluding hydrogens is 382 g/mol. The Kier molecular flexibility index (Phi) is 4.70. The molecule has 7 atom stereocenters. The first-order valence-corrected chi connectivity index (χ1v) is 11.9. The van der Waals surface area contributed by atoms with E-state index < -0.39 is 0 Å². The van der Waals surface area contributed by atoms with Crippen LogP contribution >= 0.6 is 11.6 Å². The van der Waals surface area contributed by atoms with E-state index >= 15 is 0 Å². The number of hydrogen-bond donors (Lipinski definition) is 0. The molecule has 1 saturated heterocycles. The van der Waals surface area contributed by atoms with Crippen LogP contribution in [0.5, 0.6) is 5.75 Å². The molecule has 0 bridgehead atoms. The summed E-state index contributed by atoms with van der Waals surface area (Å²) in [5, 5.41) is 0.758. The van der Waals surface area contributed by atoms with Crippen molar-refractivity contribution in [2.75, 3.05) is 7.05 Å². The Morgan fingerprint density at radius 2 is 1.83 bits per heavy atom. The third kappa shape index (κ3) is 3.10. The van der Waals surface area contributed by atoms with Gasteiger partial charge < -0.3 is 9.64 Å². The smallest absolute Gasteiger partial charge is 0.222 e. The lowest BCUT2D eigenvalue weighted by Gasteiger charge is -2.61. The third-order valence-electron chi connectivity index (χ3n) is 9.40. The summed E-state index contributed by atoms with van der Waals surface area (Å²) >= 11 is 6.03. The molecule has 4 fully saturated rings. The van der Waals surface area contributed by atoms with Crippen LogP contribution in [0, 0.1) is 28.6 Å². The summed E-state index contributed by atoms with van der Waals surface area (Å²) in [4.78, 5) is 14.4. The number of halogens is 1. The number of fused-ring (bicyclic) bond motifs is 5. The highest BCUT2D eigenvalue weighted by Crippen LogP contribution is 2.64. The van der Waals surface area contributed by atoms with E-state index in [-0.39, 0.29) is 0 Å². The SMILES string of the molecule is CN1C(=O)CC[C@@]2(C)C1CC[C@@H]1[C@H]2CC[C@]2(C)CC(Oc3ccc(Cl)cc3)C[C@@H]12. The second-order valence-electron chi connectivity index (χ2n) is 10.8. The van der Waals surface area contributed by atoms with E-state index in [2.05, 4.69) is 18.7 Å². The lowest BCUT2D eigenvalue weighted by Crippen LogP contribution is -2.61. The Hall–Kier alpha value is -1.22. The fraction of sp³-hybridized carbons (Fsp3) is 0.720. The van der Waals surface area contributed by atoms with Crippen LogP contribution in [-0.4, -0.2) is 30.0 Å². The minimum Gasteiger partial charge on any atom is -0.490 e. The number of amides is 1. The molecule has 1 aromatic carbocycles. The van der Waals surface area contributed by atoms with E-state index in [4.69, 9.17) is 16.3 Å². The second-order valence-corrected chi connectivity index (χ2v) is 11.2. The monoisotopic (exact) mass is 415 g/mol. The Labute approximate surface area is 180 Å². The molecule has 0 aromatic heterocycles. The summed E-state index contributed by atoms with van der Waals surface area (Å²) in [5.74, 6) is 3.59. The lowest BCUT2D eigenvalue weighted by molar-refractivity contribution is -0.156. The van der Waals surface area contributed by atoms with Gasteiger partial charge in [-0.2, -0.15) is 0 Å². The fourth-order valence-electron chi connectivity index (χ4n) is 7.94. The molecule has 158 valence electrons. The minimum atomic E-state index is 0.294. The van der Waals surface area contributed by atoms with Crippen molar-refractivity contribution in [3.63, 3.8) is 0 Å². The number of likely N-dealkylation sites (tertiary alicyclic amines) is 1. The van der Waals surface area contributed by atoms with Gasteiger partial charge in [0.15, 0.2) is 0 Å². The van der Waals surface area contributed by atoms with Crippen LogP contribution in [0.3, 0.4) is 0 Å². The maximum Gasteiger partial charge on any atom is 0.222 e. The van der Waals surface area contributed by atoms with Gasteiger partial charge in [0.25, 0.3) is 0 Å². The van der Waals surface area contributed by atoms with Gasteiger partial charge in [0, 0.05) is 24.5 Å². The largest absolute Gasteiger partial charge is 0.490 e. The quantitative estimate of drug-likeness (QED) is 0.597. The molecule has 1 amide bonds. The van der Waals surface area contributed by atoms with Crippen LogP contribution in [0.1, 0.15) is 65.2 Å². The first-order chi connectivity index (χ1) is 13.8. The predicted octanol–water partition coefficient (Wildman–Crippen LogP) is 5.95. The number of rotatable bonds is 2. The molecule has 3 nitrogen and oxygen atoms in total. The molecule has 5 rings (SSSR count). The number of nitrogens with zero attached hydrogens (tertiary/aromatic N) is 1. The lowest BCUT2D eigenvalue weighted by atomic mass is 9.47. The first-order valence-electron chi connectivity index (χ1n) is 11.5. The van der Waals surface area contributed by atoms with Crippen molar-refractivity contribution in [2.24, 2.45) is 28.6 Å². The van der Waals surface area contributed by atoms with E-state index in [0.29, 0.717) is 28.9 Å². The number of carbonyl (C=O) groups excluding carboxylic acids is 1. The molecule has 3 aliphatic carbocycles. The van der Waals surface area contributed by atoms with Crippen LogP contribution < -0.4 is 4.74 Å². The van der Waals surface area contributed by atoms with Crippen LogP contribution in [0.4, 0.5) is 0 Å². The van der Waals surface area contributed by atoms with E-state index in [1.807, 2.05) is 31.3 Å². The van der Waals surface area contributed by atoms with Gasteiger partial charge in [0.1, 0.15) is 5.75 Å². The maximum absolute atomic E-state index is 12.3.